The molecule has 0 heterocycles. The van der Waals surface area contributed by atoms with Crippen LogP contribution in [-0.4, -0.2) is 25.8 Å². The number of nitrogens with zero attached hydrogens (tertiary/aromatic N) is 2. The van der Waals surface area contributed by atoms with Crippen LogP contribution in [-0.2, 0) is 10.0 Å². The van der Waals surface area contributed by atoms with Gasteiger partial charge in [-0.05, 0) is 19.1 Å². The fraction of sp³-hybridized carbons (Fsp3) is 0.417. The van der Waals surface area contributed by atoms with Gasteiger partial charge in [-0.3, -0.25) is 0 Å². The van der Waals surface area contributed by atoms with Gasteiger partial charge in [-0.15, -0.1) is 0 Å². The molecule has 0 amide bonds. The standard InChI is InChI=1S/C12H15ClFN3O2S/c1-3-17(7-8(2)6-15)20(18,19)12-5-11(16)10(14)4-9(12)13/h4-5,8H,3,7,16H2,1-2H3. The number of nitrogen functional groups attached to an aromatic ring is 1. The molecule has 1 aromatic carbocycles. The first-order valence-corrected chi connectivity index (χ1v) is 7.70. The Morgan fingerprint density at radius 2 is 2.15 bits per heavy atom. The Balaban J connectivity index is 3.28. The molecule has 1 aromatic rings. The fourth-order valence-electron chi connectivity index (χ4n) is 1.63. The number of nitrogens with two attached hydrogens (primary N) is 1. The van der Waals surface area contributed by atoms with Crippen LogP contribution in [0.1, 0.15) is 13.8 Å². The first-order valence-electron chi connectivity index (χ1n) is 5.88. The van der Waals surface area contributed by atoms with Gasteiger partial charge in [-0.1, -0.05) is 18.5 Å². The minimum atomic E-state index is -3.92. The van der Waals surface area contributed by atoms with Crippen molar-refractivity contribution in [1.29, 1.82) is 5.26 Å². The molecule has 20 heavy (non-hydrogen) atoms. The SMILES string of the molecule is CCN(CC(C)C#N)S(=O)(=O)c1cc(N)c(F)cc1Cl. The first-order chi connectivity index (χ1) is 9.23. The molecule has 0 radical (unpaired) electrons. The lowest BCUT2D eigenvalue weighted by Crippen LogP contribution is -2.34. The number of anilines is 1. The molecule has 0 spiro atoms. The number of sulfonamides is 1. The summed E-state index contributed by atoms with van der Waals surface area (Å²) in [6.45, 7) is 3.45. The Labute approximate surface area is 122 Å². The van der Waals surface area contributed by atoms with Gasteiger partial charge < -0.3 is 5.73 Å². The zero-order valence-corrected chi connectivity index (χ0v) is 12.7. The highest BCUT2D eigenvalue weighted by Gasteiger charge is 2.27. The van der Waals surface area contributed by atoms with E-state index in [1.807, 2.05) is 6.07 Å². The summed E-state index contributed by atoms with van der Waals surface area (Å²) in [6.07, 6.45) is 0. The van der Waals surface area contributed by atoms with Crippen molar-refractivity contribution >= 4 is 27.3 Å². The van der Waals surface area contributed by atoms with Crippen LogP contribution >= 0.6 is 11.6 Å². The van der Waals surface area contributed by atoms with Crippen LogP contribution < -0.4 is 5.73 Å². The van der Waals surface area contributed by atoms with E-state index < -0.39 is 21.8 Å². The fourth-order valence-corrected chi connectivity index (χ4v) is 3.69. The minimum absolute atomic E-state index is 0.0307. The molecule has 0 aromatic heterocycles. The van der Waals surface area contributed by atoms with E-state index in [-0.39, 0.29) is 28.7 Å². The second-order valence-corrected chi connectivity index (χ2v) is 6.60. The van der Waals surface area contributed by atoms with Gasteiger partial charge in [0.05, 0.1) is 22.7 Å². The number of nitriles is 1. The molecule has 0 aliphatic heterocycles. The average Bonchev–Trinajstić information content (AvgIpc) is 2.39. The highest BCUT2D eigenvalue weighted by atomic mass is 35.5. The highest BCUT2D eigenvalue weighted by Crippen LogP contribution is 2.29. The van der Waals surface area contributed by atoms with Crippen molar-refractivity contribution in [2.45, 2.75) is 18.7 Å². The lowest BCUT2D eigenvalue weighted by molar-refractivity contribution is 0.400. The van der Waals surface area contributed by atoms with Crippen molar-refractivity contribution in [3.05, 3.63) is 23.0 Å². The molecule has 1 atom stereocenters. The molecule has 0 bridgehead atoms. The Morgan fingerprint density at radius 3 is 2.65 bits per heavy atom. The maximum atomic E-state index is 13.2. The molecular weight excluding hydrogens is 305 g/mol. The molecule has 2 N–H and O–H groups in total. The van der Waals surface area contributed by atoms with E-state index in [1.54, 1.807) is 13.8 Å². The minimum Gasteiger partial charge on any atom is -0.396 e. The van der Waals surface area contributed by atoms with E-state index in [0.29, 0.717) is 0 Å². The van der Waals surface area contributed by atoms with Crippen molar-refractivity contribution in [2.24, 2.45) is 5.92 Å². The first kappa shape index (κ1) is 16.7. The van der Waals surface area contributed by atoms with Crippen LogP contribution in [0.25, 0.3) is 0 Å². The Kier molecular flexibility index (Phi) is 5.34. The quantitative estimate of drug-likeness (QED) is 0.843. The van der Waals surface area contributed by atoms with E-state index >= 15 is 0 Å². The summed E-state index contributed by atoms with van der Waals surface area (Å²) in [5.74, 6) is -1.25. The van der Waals surface area contributed by atoms with Crippen LogP contribution in [0.3, 0.4) is 0 Å². The molecule has 1 rings (SSSR count). The van der Waals surface area contributed by atoms with Gasteiger partial charge in [0.25, 0.3) is 0 Å². The van der Waals surface area contributed by atoms with E-state index in [9.17, 15) is 12.8 Å². The number of hydrogen-bond acceptors (Lipinski definition) is 4. The summed E-state index contributed by atoms with van der Waals surface area (Å²) in [6, 6.07) is 3.82. The van der Waals surface area contributed by atoms with E-state index in [1.165, 1.54) is 0 Å². The van der Waals surface area contributed by atoms with Crippen LogP contribution in [0.15, 0.2) is 17.0 Å². The van der Waals surface area contributed by atoms with Crippen molar-refractivity contribution in [3.8, 4) is 6.07 Å². The van der Waals surface area contributed by atoms with E-state index in [2.05, 4.69) is 0 Å². The van der Waals surface area contributed by atoms with Crippen LogP contribution in [0.5, 0.6) is 0 Å². The van der Waals surface area contributed by atoms with Gasteiger partial charge in [-0.2, -0.15) is 9.57 Å². The van der Waals surface area contributed by atoms with Crippen LogP contribution in [0.4, 0.5) is 10.1 Å². The van der Waals surface area contributed by atoms with Crippen molar-refractivity contribution in [2.75, 3.05) is 18.8 Å². The van der Waals surface area contributed by atoms with Crippen molar-refractivity contribution in [1.82, 2.24) is 4.31 Å². The third kappa shape index (κ3) is 3.39. The molecule has 0 saturated carbocycles. The summed E-state index contributed by atoms with van der Waals surface area (Å²) in [7, 11) is -3.92. The number of hydrogen-bond donors (Lipinski definition) is 1. The molecule has 8 heteroatoms. The summed E-state index contributed by atoms with van der Waals surface area (Å²) < 4.78 is 39.3. The molecule has 0 aliphatic carbocycles. The van der Waals surface area contributed by atoms with Gasteiger partial charge in [0.2, 0.25) is 10.0 Å². The Bertz CT molecular complexity index is 643. The third-order valence-electron chi connectivity index (χ3n) is 2.72. The van der Waals surface area contributed by atoms with Gasteiger partial charge in [0, 0.05) is 13.1 Å². The molecule has 0 saturated heterocycles. The zero-order chi connectivity index (χ0) is 15.5. The van der Waals surface area contributed by atoms with Gasteiger partial charge in [0.1, 0.15) is 10.7 Å². The summed E-state index contributed by atoms with van der Waals surface area (Å²) in [4.78, 5) is -0.259. The second-order valence-electron chi connectivity index (χ2n) is 4.29. The predicted molar refractivity (Wildman–Crippen MR) is 75.0 cm³/mol. The van der Waals surface area contributed by atoms with Gasteiger partial charge in [-0.25, -0.2) is 12.8 Å². The predicted octanol–water partition coefficient (Wildman–Crippen LogP) is 2.23. The Morgan fingerprint density at radius 1 is 1.55 bits per heavy atom. The topological polar surface area (TPSA) is 87.2 Å². The number of halogens is 2. The highest BCUT2D eigenvalue weighted by molar-refractivity contribution is 7.89. The van der Waals surface area contributed by atoms with Crippen molar-refractivity contribution < 1.29 is 12.8 Å². The monoisotopic (exact) mass is 319 g/mol. The molecule has 0 aliphatic rings. The van der Waals surface area contributed by atoms with Crippen LogP contribution in [0, 0.1) is 23.1 Å². The zero-order valence-electron chi connectivity index (χ0n) is 11.1. The van der Waals surface area contributed by atoms with E-state index in [4.69, 9.17) is 22.6 Å². The third-order valence-corrected chi connectivity index (χ3v) is 5.13. The molecule has 1 unspecified atom stereocenters. The van der Waals surface area contributed by atoms with Gasteiger partial charge >= 0.3 is 0 Å². The maximum absolute atomic E-state index is 13.2. The normalized spacial score (nSPS) is 13.2. The maximum Gasteiger partial charge on any atom is 0.244 e. The summed E-state index contributed by atoms with van der Waals surface area (Å²) in [5, 5.41) is 8.55. The van der Waals surface area contributed by atoms with Crippen LogP contribution in [0.2, 0.25) is 5.02 Å². The lowest BCUT2D eigenvalue weighted by atomic mass is 10.2. The Hall–Kier alpha value is -1.36. The molecule has 0 fully saturated rings. The lowest BCUT2D eigenvalue weighted by Gasteiger charge is -2.22. The van der Waals surface area contributed by atoms with E-state index in [0.717, 1.165) is 16.4 Å². The summed E-state index contributed by atoms with van der Waals surface area (Å²) >= 11 is 5.79. The smallest absolute Gasteiger partial charge is 0.244 e. The molecule has 5 nitrogen and oxygen atoms in total. The molecular formula is C12H15ClFN3O2S. The largest absolute Gasteiger partial charge is 0.396 e. The number of benzene rings is 1. The van der Waals surface area contributed by atoms with Crippen molar-refractivity contribution in [3.63, 3.8) is 0 Å². The summed E-state index contributed by atoms with van der Waals surface area (Å²) in [5.41, 5.74) is 5.09. The second kappa shape index (κ2) is 6.39. The van der Waals surface area contributed by atoms with Gasteiger partial charge in [0.15, 0.2) is 0 Å². The average molecular weight is 320 g/mol. The molecule has 110 valence electrons. The number of rotatable bonds is 5.